The molecule has 0 aromatic heterocycles. The van der Waals surface area contributed by atoms with Crippen LogP contribution < -0.4 is 5.32 Å². The van der Waals surface area contributed by atoms with E-state index in [0.29, 0.717) is 0 Å². The van der Waals surface area contributed by atoms with E-state index >= 15 is 0 Å². The highest BCUT2D eigenvalue weighted by atomic mass is 32.2. The Labute approximate surface area is 151 Å². The molecule has 0 unspecified atom stereocenters. The number of rotatable bonds is 4. The van der Waals surface area contributed by atoms with Crippen molar-refractivity contribution >= 4 is 15.7 Å². The second-order valence-corrected chi connectivity index (χ2v) is 8.75. The van der Waals surface area contributed by atoms with E-state index in [2.05, 4.69) is 43.4 Å². The maximum absolute atomic E-state index is 12.2. The Hall–Kier alpha value is -2.14. The molecule has 0 aliphatic rings. The van der Waals surface area contributed by atoms with Gasteiger partial charge in [-0.25, -0.2) is 8.42 Å². The molecule has 0 aliphatic carbocycles. The van der Waals surface area contributed by atoms with Gasteiger partial charge in [0.2, 0.25) is 5.91 Å². The molecule has 2 aromatic rings. The van der Waals surface area contributed by atoms with Crippen molar-refractivity contribution in [2.24, 2.45) is 0 Å². The number of carbonyl (C=O) groups excluding carboxylic acids is 1. The summed E-state index contributed by atoms with van der Waals surface area (Å²) in [5.74, 6) is -0.517. The van der Waals surface area contributed by atoms with E-state index in [1.807, 2.05) is 0 Å². The molecule has 2 rings (SSSR count). The SMILES string of the molecule is CCc1cccc(C)c1.CNC(=O)C(C)(C)S(=O)(=O)c1ccccc1. The number of carbonyl (C=O) groups is 1. The number of aryl methyl sites for hydroxylation is 2. The van der Waals surface area contributed by atoms with Crippen molar-refractivity contribution < 1.29 is 13.2 Å². The van der Waals surface area contributed by atoms with Crippen molar-refractivity contribution in [1.29, 1.82) is 0 Å². The quantitative estimate of drug-likeness (QED) is 0.906. The Morgan fingerprint density at radius 3 is 2.08 bits per heavy atom. The zero-order chi connectivity index (χ0) is 19.1. The highest BCUT2D eigenvalue weighted by Crippen LogP contribution is 2.25. The molecule has 0 aliphatic heterocycles. The van der Waals surface area contributed by atoms with E-state index in [1.54, 1.807) is 18.2 Å². The lowest BCUT2D eigenvalue weighted by molar-refractivity contribution is -0.122. The van der Waals surface area contributed by atoms with E-state index in [9.17, 15) is 13.2 Å². The maximum atomic E-state index is 12.2. The van der Waals surface area contributed by atoms with Gasteiger partial charge in [0.15, 0.2) is 9.84 Å². The Morgan fingerprint density at radius 1 is 1.04 bits per heavy atom. The van der Waals surface area contributed by atoms with E-state index < -0.39 is 20.5 Å². The van der Waals surface area contributed by atoms with Gasteiger partial charge in [0, 0.05) is 7.05 Å². The summed E-state index contributed by atoms with van der Waals surface area (Å²) < 4.78 is 22.9. The van der Waals surface area contributed by atoms with Gasteiger partial charge < -0.3 is 5.32 Å². The van der Waals surface area contributed by atoms with Crippen LogP contribution in [0.15, 0.2) is 59.5 Å². The predicted molar refractivity (Wildman–Crippen MR) is 102 cm³/mol. The van der Waals surface area contributed by atoms with Crippen molar-refractivity contribution in [1.82, 2.24) is 5.32 Å². The summed E-state index contributed by atoms with van der Waals surface area (Å²) in [5.41, 5.74) is 2.78. The molecule has 25 heavy (non-hydrogen) atoms. The Kier molecular flexibility index (Phi) is 7.37. The summed E-state index contributed by atoms with van der Waals surface area (Å²) in [7, 11) is -2.24. The molecule has 0 atom stereocenters. The summed E-state index contributed by atoms with van der Waals surface area (Å²) in [5, 5.41) is 2.36. The molecular weight excluding hydrogens is 334 g/mol. The largest absolute Gasteiger partial charge is 0.358 e. The van der Waals surface area contributed by atoms with Crippen molar-refractivity contribution in [2.75, 3.05) is 7.05 Å². The van der Waals surface area contributed by atoms with E-state index in [1.165, 1.54) is 44.2 Å². The first-order valence-corrected chi connectivity index (χ1v) is 9.72. The molecule has 0 radical (unpaired) electrons. The van der Waals surface area contributed by atoms with E-state index in [0.717, 1.165) is 6.42 Å². The van der Waals surface area contributed by atoms with Crippen LogP contribution in [-0.2, 0) is 21.1 Å². The van der Waals surface area contributed by atoms with Gasteiger partial charge in [0.05, 0.1) is 4.90 Å². The lowest BCUT2D eigenvalue weighted by atomic mass is 10.1. The number of benzene rings is 2. The minimum atomic E-state index is -3.66. The third kappa shape index (κ3) is 5.16. The van der Waals surface area contributed by atoms with Crippen LogP contribution in [0.1, 0.15) is 31.9 Å². The van der Waals surface area contributed by atoms with Gasteiger partial charge in [-0.15, -0.1) is 0 Å². The van der Waals surface area contributed by atoms with Gasteiger partial charge >= 0.3 is 0 Å². The fraction of sp³-hybridized carbons (Fsp3) is 0.350. The third-order valence-corrected chi connectivity index (χ3v) is 6.41. The van der Waals surface area contributed by atoms with Crippen LogP contribution >= 0.6 is 0 Å². The molecule has 0 saturated carbocycles. The minimum absolute atomic E-state index is 0.156. The summed E-state index contributed by atoms with van der Waals surface area (Å²) in [6.07, 6.45) is 1.14. The number of hydrogen-bond donors (Lipinski definition) is 1. The molecule has 1 N–H and O–H groups in total. The first-order chi connectivity index (χ1) is 11.7. The Bertz CT molecular complexity index is 797. The first-order valence-electron chi connectivity index (χ1n) is 8.24. The normalized spacial score (nSPS) is 11.2. The zero-order valence-corrected chi connectivity index (χ0v) is 16.4. The van der Waals surface area contributed by atoms with Gasteiger partial charge in [-0.05, 0) is 44.9 Å². The molecular formula is C20H27NO3S. The monoisotopic (exact) mass is 361 g/mol. The highest BCUT2D eigenvalue weighted by molar-refractivity contribution is 7.93. The smallest absolute Gasteiger partial charge is 0.241 e. The Balaban J connectivity index is 0.000000293. The molecule has 0 saturated heterocycles. The average molecular weight is 362 g/mol. The number of hydrogen-bond acceptors (Lipinski definition) is 3. The van der Waals surface area contributed by atoms with Crippen molar-refractivity contribution in [2.45, 2.75) is 43.8 Å². The van der Waals surface area contributed by atoms with Crippen LogP contribution in [0.4, 0.5) is 0 Å². The van der Waals surface area contributed by atoms with Crippen LogP contribution in [0.2, 0.25) is 0 Å². The molecule has 0 heterocycles. The summed E-state index contributed by atoms with van der Waals surface area (Å²) >= 11 is 0. The Morgan fingerprint density at radius 2 is 1.64 bits per heavy atom. The lowest BCUT2D eigenvalue weighted by Crippen LogP contribution is -2.46. The second-order valence-electron chi connectivity index (χ2n) is 6.25. The maximum Gasteiger partial charge on any atom is 0.241 e. The summed E-state index contributed by atoms with van der Waals surface area (Å²) in [4.78, 5) is 11.7. The molecule has 0 spiro atoms. The van der Waals surface area contributed by atoms with Crippen LogP contribution in [0.25, 0.3) is 0 Å². The van der Waals surface area contributed by atoms with Gasteiger partial charge in [0.1, 0.15) is 4.75 Å². The molecule has 0 fully saturated rings. The lowest BCUT2D eigenvalue weighted by Gasteiger charge is -2.22. The van der Waals surface area contributed by atoms with Crippen molar-refractivity contribution in [3.63, 3.8) is 0 Å². The molecule has 4 nitrogen and oxygen atoms in total. The number of sulfone groups is 1. The second kappa shape index (κ2) is 8.81. The third-order valence-electron chi connectivity index (χ3n) is 3.99. The van der Waals surface area contributed by atoms with E-state index in [-0.39, 0.29) is 4.90 Å². The first kappa shape index (κ1) is 20.9. The van der Waals surface area contributed by atoms with Gasteiger partial charge in [0.25, 0.3) is 0 Å². The van der Waals surface area contributed by atoms with Gasteiger partial charge in [-0.3, -0.25) is 4.79 Å². The van der Waals surface area contributed by atoms with Crippen LogP contribution in [0.3, 0.4) is 0 Å². The number of nitrogens with one attached hydrogen (secondary N) is 1. The van der Waals surface area contributed by atoms with Crippen LogP contribution in [0.5, 0.6) is 0 Å². The standard InChI is InChI=1S/C11H15NO3S.C9H12/c1-11(2,10(13)12-3)16(14,15)9-7-5-4-6-8-9;1-3-9-6-4-5-8(2)7-9/h4-8H,1-3H3,(H,12,13);4-7H,3H2,1-2H3. The molecule has 5 heteroatoms. The van der Waals surface area contributed by atoms with Crippen molar-refractivity contribution in [3.8, 4) is 0 Å². The van der Waals surface area contributed by atoms with E-state index in [4.69, 9.17) is 0 Å². The van der Waals surface area contributed by atoms with Crippen LogP contribution in [0, 0.1) is 6.92 Å². The molecule has 0 bridgehead atoms. The fourth-order valence-corrected chi connectivity index (χ4v) is 3.70. The summed E-state index contributed by atoms with van der Waals surface area (Å²) in [6.45, 7) is 7.09. The fourth-order valence-electron chi connectivity index (χ4n) is 2.25. The molecule has 136 valence electrons. The zero-order valence-electron chi connectivity index (χ0n) is 15.5. The average Bonchev–Trinajstić information content (AvgIpc) is 2.62. The topological polar surface area (TPSA) is 63.2 Å². The number of amides is 1. The molecule has 1 amide bonds. The van der Waals surface area contributed by atoms with Crippen LogP contribution in [-0.4, -0.2) is 26.1 Å². The summed E-state index contributed by atoms with van der Waals surface area (Å²) in [6, 6.07) is 16.6. The highest BCUT2D eigenvalue weighted by Gasteiger charge is 2.42. The van der Waals surface area contributed by atoms with Crippen molar-refractivity contribution in [3.05, 3.63) is 65.7 Å². The van der Waals surface area contributed by atoms with Gasteiger partial charge in [-0.2, -0.15) is 0 Å². The predicted octanol–water partition coefficient (Wildman–Crippen LogP) is 3.54. The minimum Gasteiger partial charge on any atom is -0.358 e. The molecule has 2 aromatic carbocycles. The van der Waals surface area contributed by atoms with Gasteiger partial charge in [-0.1, -0.05) is 55.0 Å².